The van der Waals surface area contributed by atoms with E-state index in [0.29, 0.717) is 5.56 Å². The molecule has 0 amide bonds. The lowest BCUT2D eigenvalue weighted by Crippen LogP contribution is -2.19. The Bertz CT molecular complexity index is 456. The molecular weight excluding hydrogens is 238 g/mol. The van der Waals surface area contributed by atoms with Crippen LogP contribution in [0, 0.1) is 0 Å². The number of nitrogens with zero attached hydrogens (tertiary/aromatic N) is 1. The highest BCUT2D eigenvalue weighted by atomic mass is 16.5. The summed E-state index contributed by atoms with van der Waals surface area (Å²) in [6.45, 7) is 4.26. The second kappa shape index (κ2) is 6.41. The Morgan fingerprint density at radius 1 is 1.26 bits per heavy atom. The lowest BCUT2D eigenvalue weighted by Gasteiger charge is -2.20. The molecule has 3 nitrogen and oxygen atoms in total. The number of likely N-dealkylation sites (tertiary alicyclic amines) is 1. The van der Waals surface area contributed by atoms with E-state index in [2.05, 4.69) is 11.8 Å². The van der Waals surface area contributed by atoms with Crippen molar-refractivity contribution < 1.29 is 9.53 Å². The van der Waals surface area contributed by atoms with Crippen LogP contribution in [0.3, 0.4) is 0 Å². The number of carbonyl (C=O) groups excluding carboxylic acids is 1. The van der Waals surface area contributed by atoms with Gasteiger partial charge in [0.15, 0.2) is 5.78 Å². The third kappa shape index (κ3) is 3.37. The zero-order chi connectivity index (χ0) is 13.7. The van der Waals surface area contributed by atoms with Crippen molar-refractivity contribution in [2.45, 2.75) is 26.2 Å². The van der Waals surface area contributed by atoms with E-state index < -0.39 is 0 Å². The summed E-state index contributed by atoms with van der Waals surface area (Å²) >= 11 is 0. The van der Waals surface area contributed by atoms with Crippen LogP contribution < -0.4 is 4.74 Å². The van der Waals surface area contributed by atoms with Crippen molar-refractivity contribution in [3.63, 3.8) is 0 Å². The second-order valence-corrected chi connectivity index (χ2v) is 4.78. The minimum absolute atomic E-state index is 0.0754. The van der Waals surface area contributed by atoms with Crippen LogP contribution in [-0.4, -0.2) is 30.9 Å². The highest BCUT2D eigenvalue weighted by molar-refractivity contribution is 6.04. The van der Waals surface area contributed by atoms with Crippen molar-refractivity contribution in [2.75, 3.05) is 20.2 Å². The average Bonchev–Trinajstić information content (AvgIpc) is 2.98. The van der Waals surface area contributed by atoms with E-state index in [9.17, 15) is 4.79 Å². The van der Waals surface area contributed by atoms with Crippen LogP contribution in [0.2, 0.25) is 0 Å². The number of allylic oxidation sites excluding steroid dienone is 2. The van der Waals surface area contributed by atoms with Gasteiger partial charge in [-0.2, -0.15) is 0 Å². The number of ketones is 1. The summed E-state index contributed by atoms with van der Waals surface area (Å²) in [5, 5.41) is 0. The van der Waals surface area contributed by atoms with Gasteiger partial charge in [-0.05, 0) is 43.5 Å². The third-order valence-corrected chi connectivity index (χ3v) is 3.55. The second-order valence-electron chi connectivity index (χ2n) is 4.78. The summed E-state index contributed by atoms with van der Waals surface area (Å²) in [5.41, 5.74) is 1.87. The molecule has 1 heterocycles. The van der Waals surface area contributed by atoms with Crippen LogP contribution >= 0.6 is 0 Å². The Morgan fingerprint density at radius 2 is 1.89 bits per heavy atom. The van der Waals surface area contributed by atoms with Crippen LogP contribution in [0.25, 0.3) is 0 Å². The molecule has 0 radical (unpaired) electrons. The standard InChI is InChI=1S/C16H21NO2/c1-3-14(17-10-4-5-11-17)12-16(18)13-6-8-15(19-2)9-7-13/h6-9,12H,3-5,10-11H2,1-2H3/b14-12+. The van der Waals surface area contributed by atoms with Gasteiger partial charge >= 0.3 is 0 Å². The maximum atomic E-state index is 12.2. The molecule has 0 spiro atoms. The fraction of sp³-hybridized carbons (Fsp3) is 0.438. The molecule has 0 saturated carbocycles. The first kappa shape index (κ1) is 13.7. The molecule has 1 aromatic carbocycles. The molecule has 1 aliphatic heterocycles. The lowest BCUT2D eigenvalue weighted by atomic mass is 10.1. The summed E-state index contributed by atoms with van der Waals surface area (Å²) in [5.74, 6) is 0.849. The maximum Gasteiger partial charge on any atom is 0.187 e. The Labute approximate surface area is 114 Å². The van der Waals surface area contributed by atoms with E-state index in [1.165, 1.54) is 12.8 Å². The molecule has 19 heavy (non-hydrogen) atoms. The number of hydrogen-bond donors (Lipinski definition) is 0. The zero-order valence-corrected chi connectivity index (χ0v) is 11.7. The summed E-state index contributed by atoms with van der Waals surface area (Å²) in [7, 11) is 1.62. The van der Waals surface area contributed by atoms with E-state index in [-0.39, 0.29) is 5.78 Å². The largest absolute Gasteiger partial charge is 0.497 e. The topological polar surface area (TPSA) is 29.5 Å². The number of benzene rings is 1. The van der Waals surface area contributed by atoms with E-state index >= 15 is 0 Å². The first-order valence-corrected chi connectivity index (χ1v) is 6.88. The Morgan fingerprint density at radius 3 is 2.42 bits per heavy atom. The van der Waals surface area contributed by atoms with Crippen molar-refractivity contribution >= 4 is 5.78 Å². The van der Waals surface area contributed by atoms with Crippen molar-refractivity contribution in [1.29, 1.82) is 0 Å². The Balaban J connectivity index is 2.12. The predicted molar refractivity (Wildman–Crippen MR) is 76.5 cm³/mol. The van der Waals surface area contributed by atoms with Crippen molar-refractivity contribution in [3.8, 4) is 5.75 Å². The molecule has 0 aliphatic carbocycles. The van der Waals surface area contributed by atoms with E-state index in [0.717, 1.165) is 31.0 Å². The molecule has 1 saturated heterocycles. The van der Waals surface area contributed by atoms with Crippen molar-refractivity contribution in [2.24, 2.45) is 0 Å². The quantitative estimate of drug-likeness (QED) is 0.600. The smallest absolute Gasteiger partial charge is 0.187 e. The highest BCUT2D eigenvalue weighted by Crippen LogP contribution is 2.18. The number of rotatable bonds is 5. The van der Waals surface area contributed by atoms with Gasteiger partial charge in [0.1, 0.15) is 5.75 Å². The summed E-state index contributed by atoms with van der Waals surface area (Å²) in [4.78, 5) is 14.5. The summed E-state index contributed by atoms with van der Waals surface area (Å²) in [6.07, 6.45) is 5.15. The molecule has 102 valence electrons. The molecule has 0 N–H and O–H groups in total. The van der Waals surface area contributed by atoms with Crippen LogP contribution in [0.4, 0.5) is 0 Å². The molecule has 1 aliphatic rings. The SMILES string of the molecule is CC/C(=C\C(=O)c1ccc(OC)cc1)N1CCCC1. The van der Waals surface area contributed by atoms with Crippen molar-refractivity contribution in [1.82, 2.24) is 4.90 Å². The monoisotopic (exact) mass is 259 g/mol. The number of hydrogen-bond acceptors (Lipinski definition) is 3. The number of carbonyl (C=O) groups is 1. The van der Waals surface area contributed by atoms with Crippen LogP contribution in [-0.2, 0) is 0 Å². The minimum atomic E-state index is 0.0754. The van der Waals surface area contributed by atoms with Crippen molar-refractivity contribution in [3.05, 3.63) is 41.6 Å². The van der Waals surface area contributed by atoms with Gasteiger partial charge < -0.3 is 9.64 Å². The minimum Gasteiger partial charge on any atom is -0.497 e. The molecule has 0 aromatic heterocycles. The number of methoxy groups -OCH3 is 1. The molecule has 3 heteroatoms. The molecule has 2 rings (SSSR count). The molecule has 0 unspecified atom stereocenters. The fourth-order valence-electron chi connectivity index (χ4n) is 2.41. The lowest BCUT2D eigenvalue weighted by molar-refractivity contribution is 0.104. The average molecular weight is 259 g/mol. The first-order chi connectivity index (χ1) is 9.24. The van der Waals surface area contributed by atoms with Gasteiger partial charge in [0.05, 0.1) is 7.11 Å². The van der Waals surface area contributed by atoms with Gasteiger partial charge in [0, 0.05) is 30.4 Å². The van der Waals surface area contributed by atoms with Gasteiger partial charge in [-0.3, -0.25) is 4.79 Å². The zero-order valence-electron chi connectivity index (χ0n) is 11.7. The van der Waals surface area contributed by atoms with Crippen LogP contribution in [0.15, 0.2) is 36.0 Å². The molecule has 1 aromatic rings. The van der Waals surface area contributed by atoms with E-state index in [1.807, 2.05) is 24.3 Å². The van der Waals surface area contributed by atoms with Gasteiger partial charge in [0.2, 0.25) is 0 Å². The summed E-state index contributed by atoms with van der Waals surface area (Å²) in [6, 6.07) is 7.27. The number of ether oxygens (including phenoxy) is 1. The van der Waals surface area contributed by atoms with E-state index in [4.69, 9.17) is 4.74 Å². The Kier molecular flexibility index (Phi) is 4.61. The van der Waals surface area contributed by atoms with Gasteiger partial charge in [-0.1, -0.05) is 6.92 Å². The van der Waals surface area contributed by atoms with Crippen LogP contribution in [0.1, 0.15) is 36.5 Å². The van der Waals surface area contributed by atoms with E-state index in [1.54, 1.807) is 13.2 Å². The Hall–Kier alpha value is -1.77. The summed E-state index contributed by atoms with van der Waals surface area (Å²) < 4.78 is 5.10. The normalized spacial score (nSPS) is 15.7. The third-order valence-electron chi connectivity index (χ3n) is 3.55. The first-order valence-electron chi connectivity index (χ1n) is 6.88. The predicted octanol–water partition coefficient (Wildman–Crippen LogP) is 3.27. The molecule has 0 bridgehead atoms. The maximum absolute atomic E-state index is 12.2. The molecule has 0 atom stereocenters. The van der Waals surface area contributed by atoms with Gasteiger partial charge in [-0.25, -0.2) is 0 Å². The van der Waals surface area contributed by atoms with Gasteiger partial charge in [-0.15, -0.1) is 0 Å². The van der Waals surface area contributed by atoms with Gasteiger partial charge in [0.25, 0.3) is 0 Å². The highest BCUT2D eigenvalue weighted by Gasteiger charge is 2.15. The molecular formula is C16H21NO2. The fourth-order valence-corrected chi connectivity index (χ4v) is 2.41. The molecule has 1 fully saturated rings. The van der Waals surface area contributed by atoms with Crippen LogP contribution in [0.5, 0.6) is 5.75 Å².